The molecule has 0 aliphatic carbocycles. The van der Waals surface area contributed by atoms with Crippen LogP contribution in [0.2, 0.25) is 0 Å². The van der Waals surface area contributed by atoms with Gasteiger partial charge in [0.15, 0.2) is 0 Å². The lowest BCUT2D eigenvalue weighted by molar-refractivity contribution is 0.172. The van der Waals surface area contributed by atoms with E-state index in [1.165, 1.54) is 7.11 Å². The average molecular weight is 286 g/mol. The largest absolute Gasteiger partial charge is 0.383 e. The Morgan fingerprint density at radius 2 is 2.05 bits per heavy atom. The lowest BCUT2D eigenvalue weighted by Gasteiger charge is -2.18. The van der Waals surface area contributed by atoms with Gasteiger partial charge in [0.25, 0.3) is 0 Å². The van der Waals surface area contributed by atoms with E-state index in [-0.39, 0.29) is 6.04 Å². The second-order valence-electron chi connectivity index (χ2n) is 4.62. The van der Waals surface area contributed by atoms with Crippen LogP contribution in [0.1, 0.15) is 17.5 Å². The molecule has 6 heteroatoms. The number of hydrogen-bond donors (Lipinski definition) is 2. The standard InChI is InChI=1S/C13H22N2O3S/c1-10-4-5-11(2)13(8-10)19(16,17)15-12(6-7-14)9-18-3/h4-5,8,12,15H,6-7,9,14H2,1-3H3. The fraction of sp³-hybridized carbons (Fsp3) is 0.538. The molecule has 5 nitrogen and oxygen atoms in total. The second-order valence-corrected chi connectivity index (χ2v) is 6.30. The van der Waals surface area contributed by atoms with E-state index < -0.39 is 10.0 Å². The van der Waals surface area contributed by atoms with Crippen LogP contribution < -0.4 is 10.5 Å². The van der Waals surface area contributed by atoms with Gasteiger partial charge in [-0.1, -0.05) is 12.1 Å². The molecule has 3 N–H and O–H groups in total. The van der Waals surface area contributed by atoms with E-state index in [1.54, 1.807) is 19.1 Å². The Hall–Kier alpha value is -0.950. The number of sulfonamides is 1. The highest BCUT2D eigenvalue weighted by atomic mass is 32.2. The summed E-state index contributed by atoms with van der Waals surface area (Å²) < 4.78 is 32.4. The van der Waals surface area contributed by atoms with Crippen LogP contribution in [0.5, 0.6) is 0 Å². The SMILES string of the molecule is COCC(CCN)NS(=O)(=O)c1cc(C)ccc1C. The smallest absolute Gasteiger partial charge is 0.241 e. The van der Waals surface area contributed by atoms with Gasteiger partial charge in [-0.05, 0) is 44.0 Å². The highest BCUT2D eigenvalue weighted by Crippen LogP contribution is 2.17. The molecule has 1 unspecified atom stereocenters. The minimum atomic E-state index is -3.54. The fourth-order valence-electron chi connectivity index (χ4n) is 1.86. The molecule has 0 fully saturated rings. The summed E-state index contributed by atoms with van der Waals surface area (Å²) in [5, 5.41) is 0. The summed E-state index contributed by atoms with van der Waals surface area (Å²) in [6.45, 7) is 4.36. The number of methoxy groups -OCH3 is 1. The monoisotopic (exact) mass is 286 g/mol. The molecule has 0 aromatic heterocycles. The number of nitrogens with two attached hydrogens (primary N) is 1. The van der Waals surface area contributed by atoms with Gasteiger partial charge in [-0.2, -0.15) is 0 Å². The molecule has 1 aromatic carbocycles. The Kier molecular flexibility index (Phi) is 5.93. The Balaban J connectivity index is 2.99. The lowest BCUT2D eigenvalue weighted by Crippen LogP contribution is -2.39. The first-order chi connectivity index (χ1) is 8.90. The molecule has 0 amide bonds. The first-order valence-corrected chi connectivity index (χ1v) is 7.67. The predicted molar refractivity (Wildman–Crippen MR) is 75.6 cm³/mol. The summed E-state index contributed by atoms with van der Waals surface area (Å²) >= 11 is 0. The number of rotatable bonds is 7. The van der Waals surface area contributed by atoms with Crippen LogP contribution in [-0.2, 0) is 14.8 Å². The van der Waals surface area contributed by atoms with Crippen molar-refractivity contribution in [1.29, 1.82) is 0 Å². The molecule has 108 valence electrons. The second kappa shape index (κ2) is 7.00. The van der Waals surface area contributed by atoms with Gasteiger partial charge < -0.3 is 10.5 Å². The summed E-state index contributed by atoms with van der Waals surface area (Å²) in [5.74, 6) is 0. The number of aryl methyl sites for hydroxylation is 2. The van der Waals surface area contributed by atoms with Crippen LogP contribution in [0.3, 0.4) is 0 Å². The van der Waals surface area contributed by atoms with E-state index in [2.05, 4.69) is 4.72 Å². The Labute approximate surface area is 115 Å². The molecule has 0 aliphatic rings. The number of nitrogens with one attached hydrogen (secondary N) is 1. The molecule has 0 heterocycles. The molecule has 0 aliphatic heterocycles. The zero-order valence-electron chi connectivity index (χ0n) is 11.6. The van der Waals surface area contributed by atoms with Crippen LogP contribution in [0, 0.1) is 13.8 Å². The molecule has 19 heavy (non-hydrogen) atoms. The zero-order chi connectivity index (χ0) is 14.5. The molecule has 0 spiro atoms. The van der Waals surface area contributed by atoms with Gasteiger partial charge in [-0.15, -0.1) is 0 Å². The van der Waals surface area contributed by atoms with Crippen molar-refractivity contribution < 1.29 is 13.2 Å². The Morgan fingerprint density at radius 1 is 1.37 bits per heavy atom. The van der Waals surface area contributed by atoms with Crippen LogP contribution >= 0.6 is 0 Å². The molecule has 0 saturated heterocycles. The van der Waals surface area contributed by atoms with Crippen LogP contribution in [0.4, 0.5) is 0 Å². The van der Waals surface area contributed by atoms with Crippen LogP contribution in [0.15, 0.2) is 23.1 Å². The molecule has 1 atom stereocenters. The van der Waals surface area contributed by atoms with Crippen LogP contribution in [-0.4, -0.2) is 34.7 Å². The number of ether oxygens (including phenoxy) is 1. The third kappa shape index (κ3) is 4.58. The highest BCUT2D eigenvalue weighted by Gasteiger charge is 2.21. The molecule has 1 rings (SSSR count). The molecule has 0 bridgehead atoms. The first-order valence-electron chi connectivity index (χ1n) is 6.19. The van der Waals surface area contributed by atoms with Gasteiger partial charge in [-0.3, -0.25) is 0 Å². The van der Waals surface area contributed by atoms with Crippen molar-refractivity contribution in [2.24, 2.45) is 5.73 Å². The predicted octanol–water partition coefficient (Wildman–Crippen LogP) is 0.946. The van der Waals surface area contributed by atoms with Gasteiger partial charge >= 0.3 is 0 Å². The maximum atomic E-state index is 12.4. The van der Waals surface area contributed by atoms with Crippen molar-refractivity contribution in [2.75, 3.05) is 20.3 Å². The summed E-state index contributed by atoms with van der Waals surface area (Å²) in [4.78, 5) is 0.311. The minimum Gasteiger partial charge on any atom is -0.383 e. The molecular formula is C13H22N2O3S. The van der Waals surface area contributed by atoms with E-state index >= 15 is 0 Å². The minimum absolute atomic E-state index is 0.306. The quantitative estimate of drug-likeness (QED) is 0.782. The fourth-order valence-corrected chi connectivity index (χ4v) is 3.44. The van der Waals surface area contributed by atoms with E-state index in [1.807, 2.05) is 13.0 Å². The van der Waals surface area contributed by atoms with Crippen molar-refractivity contribution >= 4 is 10.0 Å². The molecule has 0 radical (unpaired) electrons. The number of benzene rings is 1. The molecule has 0 saturated carbocycles. The van der Waals surface area contributed by atoms with E-state index in [0.717, 1.165) is 11.1 Å². The topological polar surface area (TPSA) is 81.4 Å². The van der Waals surface area contributed by atoms with E-state index in [0.29, 0.717) is 24.5 Å². The normalized spacial score (nSPS) is 13.5. The van der Waals surface area contributed by atoms with Crippen molar-refractivity contribution in [2.45, 2.75) is 31.2 Å². The summed E-state index contributed by atoms with van der Waals surface area (Å²) in [6, 6.07) is 5.06. The first kappa shape index (κ1) is 16.1. The van der Waals surface area contributed by atoms with Gasteiger partial charge in [0.1, 0.15) is 0 Å². The zero-order valence-corrected chi connectivity index (χ0v) is 12.5. The molecule has 1 aromatic rings. The lowest BCUT2D eigenvalue weighted by atomic mass is 10.2. The maximum Gasteiger partial charge on any atom is 0.241 e. The average Bonchev–Trinajstić information content (AvgIpc) is 2.32. The highest BCUT2D eigenvalue weighted by molar-refractivity contribution is 7.89. The Bertz CT molecular complexity index is 509. The van der Waals surface area contributed by atoms with E-state index in [9.17, 15) is 8.42 Å². The van der Waals surface area contributed by atoms with Gasteiger partial charge in [0.05, 0.1) is 11.5 Å². The maximum absolute atomic E-state index is 12.4. The summed E-state index contributed by atoms with van der Waals surface area (Å²) in [5.41, 5.74) is 7.12. The van der Waals surface area contributed by atoms with Crippen LogP contribution in [0.25, 0.3) is 0 Å². The van der Waals surface area contributed by atoms with E-state index in [4.69, 9.17) is 10.5 Å². The van der Waals surface area contributed by atoms with Crippen molar-refractivity contribution in [1.82, 2.24) is 4.72 Å². The van der Waals surface area contributed by atoms with Gasteiger partial charge in [-0.25, -0.2) is 13.1 Å². The van der Waals surface area contributed by atoms with Crippen molar-refractivity contribution in [3.05, 3.63) is 29.3 Å². The Morgan fingerprint density at radius 3 is 2.63 bits per heavy atom. The third-order valence-corrected chi connectivity index (χ3v) is 4.50. The van der Waals surface area contributed by atoms with Crippen molar-refractivity contribution in [3.63, 3.8) is 0 Å². The summed E-state index contributed by atoms with van der Waals surface area (Å²) in [7, 11) is -2.01. The molecular weight excluding hydrogens is 264 g/mol. The van der Waals surface area contributed by atoms with Crippen molar-refractivity contribution in [3.8, 4) is 0 Å². The summed E-state index contributed by atoms with van der Waals surface area (Å²) in [6.07, 6.45) is 0.540. The number of hydrogen-bond acceptors (Lipinski definition) is 4. The third-order valence-electron chi connectivity index (χ3n) is 2.84. The van der Waals surface area contributed by atoms with Gasteiger partial charge in [0.2, 0.25) is 10.0 Å². The van der Waals surface area contributed by atoms with Gasteiger partial charge in [0, 0.05) is 13.2 Å².